The fraction of sp³-hybridized carbons (Fsp3) is 0.263. The lowest BCUT2D eigenvalue weighted by Gasteiger charge is -2.08. The van der Waals surface area contributed by atoms with E-state index in [1.165, 1.54) is 30.3 Å². The van der Waals surface area contributed by atoms with Gasteiger partial charge in [0.15, 0.2) is 0 Å². The van der Waals surface area contributed by atoms with Crippen LogP contribution < -0.4 is 5.69 Å². The highest BCUT2D eigenvalue weighted by Gasteiger charge is 2.16. The molecule has 8 heteroatoms. The molecule has 1 aliphatic rings. The molecule has 1 aromatic heterocycles. The summed E-state index contributed by atoms with van der Waals surface area (Å²) in [4.78, 5) is 17.4. The van der Waals surface area contributed by atoms with Crippen LogP contribution in [0, 0.1) is 5.82 Å². The first-order valence-electron chi connectivity index (χ1n) is 8.68. The van der Waals surface area contributed by atoms with Crippen molar-refractivity contribution in [3.8, 4) is 5.69 Å². The molecule has 3 aromatic rings. The summed E-state index contributed by atoms with van der Waals surface area (Å²) < 4.78 is 16.4. The zero-order chi connectivity index (χ0) is 18.8. The van der Waals surface area contributed by atoms with Crippen LogP contribution in [0.15, 0.2) is 46.3 Å². The molecule has 0 saturated carbocycles. The lowest BCUT2D eigenvalue weighted by Crippen LogP contribution is -2.23. The van der Waals surface area contributed by atoms with Gasteiger partial charge in [-0.05, 0) is 58.5 Å². The normalized spacial score (nSPS) is 13.3. The third-order valence-electron chi connectivity index (χ3n) is 4.70. The number of oxime groups is 1. The number of benzene rings is 2. The molecule has 1 heterocycles. The van der Waals surface area contributed by atoms with Crippen molar-refractivity contribution in [1.29, 1.82) is 0 Å². The van der Waals surface area contributed by atoms with Crippen LogP contribution in [-0.4, -0.2) is 26.0 Å². The highest BCUT2D eigenvalue weighted by atomic mass is 19.1. The Morgan fingerprint density at radius 2 is 2.07 bits per heavy atom. The lowest BCUT2D eigenvalue weighted by molar-refractivity contribution is 0.129. The van der Waals surface area contributed by atoms with E-state index < -0.39 is 11.5 Å². The molecular weight excluding hydrogens is 349 g/mol. The Hall–Kier alpha value is -3.29. The molecule has 0 spiro atoms. The fourth-order valence-corrected chi connectivity index (χ4v) is 3.32. The van der Waals surface area contributed by atoms with E-state index in [2.05, 4.69) is 21.6 Å². The molecule has 0 amide bonds. The second-order valence-corrected chi connectivity index (χ2v) is 6.38. The maximum absolute atomic E-state index is 14.3. The zero-order valence-corrected chi connectivity index (χ0v) is 14.8. The number of aromatic nitrogens is 4. The molecule has 0 fully saturated rings. The van der Waals surface area contributed by atoms with Gasteiger partial charge in [0.25, 0.3) is 0 Å². The SMILES string of the molecule is Cn1nnn(-c2cccc(F)c2CON=Cc2cccc3c2CCC3)c1=O. The molecule has 0 bridgehead atoms. The topological polar surface area (TPSA) is 74.3 Å². The summed E-state index contributed by atoms with van der Waals surface area (Å²) in [5.41, 5.74) is 3.66. The van der Waals surface area contributed by atoms with E-state index >= 15 is 0 Å². The van der Waals surface area contributed by atoms with Gasteiger partial charge in [0.05, 0.1) is 17.5 Å². The monoisotopic (exact) mass is 367 g/mol. The van der Waals surface area contributed by atoms with Gasteiger partial charge < -0.3 is 4.84 Å². The lowest BCUT2D eigenvalue weighted by atomic mass is 10.0. The Bertz CT molecular complexity index is 1070. The molecule has 7 nitrogen and oxygen atoms in total. The maximum Gasteiger partial charge on any atom is 0.368 e. The summed E-state index contributed by atoms with van der Waals surface area (Å²) in [6.45, 7) is -0.128. The van der Waals surface area contributed by atoms with Crippen molar-refractivity contribution in [2.75, 3.05) is 0 Å². The van der Waals surface area contributed by atoms with Crippen LogP contribution in [0.4, 0.5) is 4.39 Å². The van der Waals surface area contributed by atoms with E-state index in [4.69, 9.17) is 4.84 Å². The number of halogens is 1. The van der Waals surface area contributed by atoms with Gasteiger partial charge in [-0.25, -0.2) is 9.18 Å². The summed E-state index contributed by atoms with van der Waals surface area (Å²) in [5.74, 6) is -0.499. The Morgan fingerprint density at radius 3 is 2.89 bits per heavy atom. The first-order chi connectivity index (χ1) is 13.1. The van der Waals surface area contributed by atoms with Crippen molar-refractivity contribution in [3.05, 3.63) is 75.0 Å². The molecule has 0 N–H and O–H groups in total. The predicted octanol–water partition coefficient (Wildman–Crippen LogP) is 2.14. The third-order valence-corrected chi connectivity index (χ3v) is 4.70. The average Bonchev–Trinajstić information content (AvgIpc) is 3.27. The molecule has 0 atom stereocenters. The molecule has 2 aromatic carbocycles. The van der Waals surface area contributed by atoms with Gasteiger partial charge in [-0.15, -0.1) is 0 Å². The summed E-state index contributed by atoms with van der Waals surface area (Å²) in [7, 11) is 1.48. The van der Waals surface area contributed by atoms with E-state index in [-0.39, 0.29) is 17.9 Å². The van der Waals surface area contributed by atoms with Crippen molar-refractivity contribution in [3.63, 3.8) is 0 Å². The highest BCUT2D eigenvalue weighted by Crippen LogP contribution is 2.24. The minimum Gasteiger partial charge on any atom is -0.391 e. The van der Waals surface area contributed by atoms with Gasteiger partial charge in [0, 0.05) is 7.05 Å². The molecule has 4 rings (SSSR count). The first-order valence-corrected chi connectivity index (χ1v) is 8.68. The van der Waals surface area contributed by atoms with E-state index in [0.29, 0.717) is 0 Å². The number of fused-ring (bicyclic) bond motifs is 1. The molecule has 1 aliphatic carbocycles. The Labute approximate surface area is 154 Å². The summed E-state index contributed by atoms with van der Waals surface area (Å²) in [6.07, 6.45) is 4.92. The average molecular weight is 367 g/mol. The van der Waals surface area contributed by atoms with E-state index in [1.807, 2.05) is 12.1 Å². The van der Waals surface area contributed by atoms with Crippen molar-refractivity contribution in [2.24, 2.45) is 12.2 Å². The largest absolute Gasteiger partial charge is 0.391 e. The van der Waals surface area contributed by atoms with Crippen LogP contribution in [-0.2, 0) is 31.3 Å². The fourth-order valence-electron chi connectivity index (χ4n) is 3.32. The van der Waals surface area contributed by atoms with E-state index in [1.54, 1.807) is 12.3 Å². The van der Waals surface area contributed by atoms with Crippen LogP contribution >= 0.6 is 0 Å². The molecule has 0 radical (unpaired) electrons. The number of aryl methyl sites for hydroxylation is 2. The van der Waals surface area contributed by atoms with Gasteiger partial charge in [0.1, 0.15) is 12.4 Å². The predicted molar refractivity (Wildman–Crippen MR) is 97.4 cm³/mol. The van der Waals surface area contributed by atoms with Gasteiger partial charge in [0.2, 0.25) is 0 Å². The van der Waals surface area contributed by atoms with Gasteiger partial charge in [-0.2, -0.15) is 9.36 Å². The molecule has 0 aliphatic heterocycles. The molecule has 0 unspecified atom stereocenters. The Morgan fingerprint density at radius 1 is 1.22 bits per heavy atom. The van der Waals surface area contributed by atoms with Crippen molar-refractivity contribution in [2.45, 2.75) is 25.9 Å². The highest BCUT2D eigenvalue weighted by molar-refractivity contribution is 5.82. The molecule has 0 saturated heterocycles. The molecule has 138 valence electrons. The summed E-state index contributed by atoms with van der Waals surface area (Å²) in [6, 6.07) is 10.5. The maximum atomic E-state index is 14.3. The Kier molecular flexibility index (Phi) is 4.53. The number of hydrogen-bond acceptors (Lipinski definition) is 5. The van der Waals surface area contributed by atoms with E-state index in [9.17, 15) is 9.18 Å². The number of rotatable bonds is 5. The van der Waals surface area contributed by atoms with Crippen LogP contribution in [0.25, 0.3) is 5.69 Å². The van der Waals surface area contributed by atoms with Crippen LogP contribution in [0.2, 0.25) is 0 Å². The number of tetrazole rings is 1. The minimum atomic E-state index is -0.499. The summed E-state index contributed by atoms with van der Waals surface area (Å²) >= 11 is 0. The van der Waals surface area contributed by atoms with Gasteiger partial charge in [-0.1, -0.05) is 29.4 Å². The quantitative estimate of drug-likeness (QED) is 0.512. The zero-order valence-electron chi connectivity index (χ0n) is 14.8. The van der Waals surface area contributed by atoms with Gasteiger partial charge in [-0.3, -0.25) is 0 Å². The van der Waals surface area contributed by atoms with Gasteiger partial charge >= 0.3 is 5.69 Å². The standard InChI is InChI=1S/C19H18FN5O2/c1-24-19(26)25(23-22-24)18-10-4-9-17(20)16(18)12-27-21-11-14-7-2-5-13-6-3-8-15(13)14/h2,4-5,7,9-11H,3,6,8,12H2,1H3. The van der Waals surface area contributed by atoms with Crippen molar-refractivity contribution < 1.29 is 9.23 Å². The minimum absolute atomic E-state index is 0.128. The number of hydrogen-bond donors (Lipinski definition) is 0. The van der Waals surface area contributed by atoms with Crippen LogP contribution in [0.5, 0.6) is 0 Å². The van der Waals surface area contributed by atoms with Crippen molar-refractivity contribution in [1.82, 2.24) is 19.8 Å². The smallest absolute Gasteiger partial charge is 0.368 e. The van der Waals surface area contributed by atoms with Crippen LogP contribution in [0.1, 0.15) is 28.7 Å². The second-order valence-electron chi connectivity index (χ2n) is 6.38. The summed E-state index contributed by atoms with van der Waals surface area (Å²) in [5, 5.41) is 11.4. The number of nitrogens with zero attached hydrogens (tertiary/aromatic N) is 5. The third kappa shape index (κ3) is 3.25. The first kappa shape index (κ1) is 17.1. The van der Waals surface area contributed by atoms with Crippen LogP contribution in [0.3, 0.4) is 0 Å². The molecular formula is C19H18FN5O2. The van der Waals surface area contributed by atoms with Crippen molar-refractivity contribution >= 4 is 6.21 Å². The van der Waals surface area contributed by atoms with E-state index in [0.717, 1.165) is 34.2 Å². The Balaban J connectivity index is 1.55. The molecule has 27 heavy (non-hydrogen) atoms. The second kappa shape index (κ2) is 7.14.